The van der Waals surface area contributed by atoms with Crippen molar-refractivity contribution >= 4 is 27.5 Å². The lowest BCUT2D eigenvalue weighted by molar-refractivity contribution is -0.910. The number of nitrogens with one attached hydrogen (secondary N) is 2. The van der Waals surface area contributed by atoms with Crippen molar-refractivity contribution in [3.8, 4) is 11.5 Å². The van der Waals surface area contributed by atoms with Gasteiger partial charge in [0.1, 0.15) is 17.5 Å². The van der Waals surface area contributed by atoms with E-state index in [0.717, 1.165) is 46.6 Å². The first-order valence-electron chi connectivity index (χ1n) is 8.72. The highest BCUT2D eigenvalue weighted by Gasteiger charge is 2.33. The number of anilines is 1. The van der Waals surface area contributed by atoms with Crippen molar-refractivity contribution in [3.05, 3.63) is 52.5 Å². The summed E-state index contributed by atoms with van der Waals surface area (Å²) in [6, 6.07) is 13.8. The molecule has 26 heavy (non-hydrogen) atoms. The number of carbonyl (C=O) groups is 1. The first-order chi connectivity index (χ1) is 12.6. The van der Waals surface area contributed by atoms with Gasteiger partial charge >= 0.3 is 0 Å². The molecule has 1 amide bonds. The third-order valence-corrected chi connectivity index (χ3v) is 5.29. The molecule has 138 valence electrons. The second-order valence-electron chi connectivity index (χ2n) is 6.45. The predicted molar refractivity (Wildman–Crippen MR) is 105 cm³/mol. The highest BCUT2D eigenvalue weighted by atomic mass is 79.9. The van der Waals surface area contributed by atoms with Gasteiger partial charge in [-0.05, 0) is 30.3 Å². The van der Waals surface area contributed by atoms with Crippen LogP contribution in [0, 0.1) is 0 Å². The van der Waals surface area contributed by atoms with Crippen LogP contribution in [-0.2, 0) is 4.79 Å². The van der Waals surface area contributed by atoms with Gasteiger partial charge in [-0.25, -0.2) is 0 Å². The molecule has 0 bridgehead atoms. The van der Waals surface area contributed by atoms with Crippen LogP contribution in [0.2, 0.25) is 0 Å². The van der Waals surface area contributed by atoms with Crippen LogP contribution in [0.5, 0.6) is 11.5 Å². The normalized spacial score (nSPS) is 19.2. The topological polar surface area (TPSA) is 52.0 Å². The smallest absolute Gasteiger partial charge is 0.279 e. The molecule has 0 spiro atoms. The molecule has 0 aliphatic carbocycles. The number of methoxy groups -OCH3 is 2. The van der Waals surface area contributed by atoms with E-state index in [1.807, 2.05) is 36.4 Å². The minimum absolute atomic E-state index is 0.0254. The zero-order valence-corrected chi connectivity index (χ0v) is 16.6. The number of hydrogen-bond donors (Lipinski definition) is 2. The minimum Gasteiger partial charge on any atom is -0.497 e. The fourth-order valence-electron chi connectivity index (χ4n) is 3.58. The van der Waals surface area contributed by atoms with E-state index < -0.39 is 0 Å². The van der Waals surface area contributed by atoms with E-state index in [0.29, 0.717) is 6.54 Å². The number of rotatable bonds is 6. The molecule has 0 saturated carbocycles. The van der Waals surface area contributed by atoms with E-state index in [1.165, 1.54) is 4.90 Å². The lowest BCUT2D eigenvalue weighted by atomic mass is 10.0. The number of hydrogen-bond acceptors (Lipinski definition) is 3. The molecular formula is C20H24BrN2O3+. The van der Waals surface area contributed by atoms with E-state index in [-0.39, 0.29) is 11.9 Å². The third-order valence-electron chi connectivity index (χ3n) is 4.80. The van der Waals surface area contributed by atoms with Crippen molar-refractivity contribution < 1.29 is 19.2 Å². The van der Waals surface area contributed by atoms with Crippen molar-refractivity contribution in [1.29, 1.82) is 0 Å². The molecule has 1 aliphatic rings. The average molecular weight is 420 g/mol. The average Bonchev–Trinajstić information content (AvgIpc) is 3.08. The molecule has 0 radical (unpaired) electrons. The number of amides is 1. The van der Waals surface area contributed by atoms with Gasteiger partial charge in [0.15, 0.2) is 6.54 Å². The highest BCUT2D eigenvalue weighted by Crippen LogP contribution is 2.31. The molecule has 1 unspecified atom stereocenters. The lowest BCUT2D eigenvalue weighted by Crippen LogP contribution is -3.11. The SMILES string of the molecule is COc1ccc([C@H]2CCC[NH+]2CC(=O)Nc2cccc(Br)c2)c(OC)c1. The van der Waals surface area contributed by atoms with Crippen LogP contribution in [0.4, 0.5) is 5.69 Å². The van der Waals surface area contributed by atoms with Crippen LogP contribution in [0.15, 0.2) is 46.9 Å². The Morgan fingerprint density at radius 3 is 2.81 bits per heavy atom. The molecule has 0 aromatic heterocycles. The molecule has 3 rings (SSSR count). The maximum absolute atomic E-state index is 12.5. The summed E-state index contributed by atoms with van der Waals surface area (Å²) in [4.78, 5) is 13.8. The summed E-state index contributed by atoms with van der Waals surface area (Å²) in [6.07, 6.45) is 2.14. The molecular weight excluding hydrogens is 396 g/mol. The van der Waals surface area contributed by atoms with Gasteiger partial charge in [-0.2, -0.15) is 0 Å². The summed E-state index contributed by atoms with van der Waals surface area (Å²) in [5, 5.41) is 2.99. The molecule has 2 N–H and O–H groups in total. The summed E-state index contributed by atoms with van der Waals surface area (Å²) in [5.41, 5.74) is 1.94. The summed E-state index contributed by atoms with van der Waals surface area (Å²) in [7, 11) is 3.32. The third kappa shape index (κ3) is 4.37. The maximum Gasteiger partial charge on any atom is 0.279 e. The number of benzene rings is 2. The molecule has 2 aromatic carbocycles. The number of ether oxygens (including phenoxy) is 2. The van der Waals surface area contributed by atoms with Crippen LogP contribution in [0.1, 0.15) is 24.4 Å². The van der Waals surface area contributed by atoms with Crippen molar-refractivity contribution in [3.63, 3.8) is 0 Å². The minimum atomic E-state index is 0.0254. The Morgan fingerprint density at radius 1 is 1.23 bits per heavy atom. The monoisotopic (exact) mass is 419 g/mol. The molecule has 2 atom stereocenters. The Labute approximate surface area is 162 Å². The Morgan fingerprint density at radius 2 is 2.08 bits per heavy atom. The molecule has 6 heteroatoms. The van der Waals surface area contributed by atoms with Gasteiger partial charge in [-0.15, -0.1) is 0 Å². The lowest BCUT2D eigenvalue weighted by Gasteiger charge is -2.23. The second-order valence-corrected chi connectivity index (χ2v) is 7.36. The van der Waals surface area contributed by atoms with Crippen molar-refractivity contribution in [2.75, 3.05) is 32.6 Å². The van der Waals surface area contributed by atoms with Gasteiger partial charge < -0.3 is 19.7 Å². The molecule has 1 aliphatic heterocycles. The van der Waals surface area contributed by atoms with Gasteiger partial charge in [0.2, 0.25) is 0 Å². The Bertz CT molecular complexity index is 781. The number of quaternary nitrogens is 1. The summed E-state index contributed by atoms with van der Waals surface area (Å²) < 4.78 is 11.8. The largest absolute Gasteiger partial charge is 0.497 e. The maximum atomic E-state index is 12.5. The Balaban J connectivity index is 1.71. The van der Waals surface area contributed by atoms with Crippen molar-refractivity contribution in [2.24, 2.45) is 0 Å². The number of likely N-dealkylation sites (tertiary alicyclic amines) is 1. The molecule has 1 saturated heterocycles. The van der Waals surface area contributed by atoms with Crippen LogP contribution < -0.4 is 19.7 Å². The Hall–Kier alpha value is -2.05. The first-order valence-corrected chi connectivity index (χ1v) is 9.52. The summed E-state index contributed by atoms with van der Waals surface area (Å²) in [6.45, 7) is 1.41. The zero-order chi connectivity index (χ0) is 18.5. The van der Waals surface area contributed by atoms with Gasteiger partial charge in [-0.3, -0.25) is 4.79 Å². The van der Waals surface area contributed by atoms with Crippen molar-refractivity contribution in [2.45, 2.75) is 18.9 Å². The van der Waals surface area contributed by atoms with Gasteiger partial charge in [0, 0.05) is 29.1 Å². The van der Waals surface area contributed by atoms with E-state index in [9.17, 15) is 4.79 Å². The van der Waals surface area contributed by atoms with Crippen LogP contribution in [0.25, 0.3) is 0 Å². The zero-order valence-electron chi connectivity index (χ0n) is 15.0. The molecule has 1 heterocycles. The van der Waals surface area contributed by atoms with E-state index in [4.69, 9.17) is 9.47 Å². The van der Waals surface area contributed by atoms with Crippen LogP contribution >= 0.6 is 15.9 Å². The van der Waals surface area contributed by atoms with E-state index >= 15 is 0 Å². The Kier molecular flexibility index (Phi) is 6.16. The quantitative estimate of drug-likeness (QED) is 0.756. The van der Waals surface area contributed by atoms with Gasteiger partial charge in [-0.1, -0.05) is 22.0 Å². The van der Waals surface area contributed by atoms with Crippen LogP contribution in [-0.4, -0.2) is 33.2 Å². The van der Waals surface area contributed by atoms with Gasteiger partial charge in [0.05, 0.1) is 26.3 Å². The predicted octanol–water partition coefficient (Wildman–Crippen LogP) is 2.82. The summed E-state index contributed by atoms with van der Waals surface area (Å²) in [5.74, 6) is 1.62. The second kappa shape index (κ2) is 8.56. The van der Waals surface area contributed by atoms with E-state index in [1.54, 1.807) is 14.2 Å². The molecule has 5 nitrogen and oxygen atoms in total. The highest BCUT2D eigenvalue weighted by molar-refractivity contribution is 9.10. The van der Waals surface area contributed by atoms with Gasteiger partial charge in [0.25, 0.3) is 5.91 Å². The van der Waals surface area contributed by atoms with Crippen LogP contribution in [0.3, 0.4) is 0 Å². The first kappa shape index (κ1) is 18.7. The number of halogens is 1. The standard InChI is InChI=1S/C20H23BrN2O3/c1-25-16-8-9-17(19(12-16)26-2)18-7-4-10-23(18)13-20(24)22-15-6-3-5-14(21)11-15/h3,5-6,8-9,11-12,18H,4,7,10,13H2,1-2H3,(H,22,24)/p+1/t18-/m1/s1. The van der Waals surface area contributed by atoms with E-state index in [2.05, 4.69) is 27.3 Å². The number of carbonyl (C=O) groups excluding carboxylic acids is 1. The summed E-state index contributed by atoms with van der Waals surface area (Å²) >= 11 is 3.43. The molecule has 2 aromatic rings. The fraction of sp³-hybridized carbons (Fsp3) is 0.350. The van der Waals surface area contributed by atoms with Crippen molar-refractivity contribution in [1.82, 2.24) is 0 Å². The molecule has 1 fully saturated rings. The fourth-order valence-corrected chi connectivity index (χ4v) is 3.98.